The highest BCUT2D eigenvalue weighted by Crippen LogP contribution is 2.29. The molecule has 0 fully saturated rings. The fourth-order valence-corrected chi connectivity index (χ4v) is 3.49. The highest BCUT2D eigenvalue weighted by molar-refractivity contribution is 7.14. The van der Waals surface area contributed by atoms with E-state index in [1.165, 1.54) is 11.3 Å². The molecule has 0 saturated heterocycles. The molecule has 26 heavy (non-hydrogen) atoms. The Morgan fingerprint density at radius 1 is 1.04 bits per heavy atom. The van der Waals surface area contributed by atoms with Crippen LogP contribution in [-0.2, 0) is 0 Å². The lowest BCUT2D eigenvalue weighted by molar-refractivity contribution is 0.108. The number of hydrogen-bond acceptors (Lipinski definition) is 4. The maximum absolute atomic E-state index is 11.3. The van der Waals surface area contributed by atoms with Crippen molar-refractivity contribution < 1.29 is 4.79 Å². The van der Waals surface area contributed by atoms with Crippen molar-refractivity contribution in [3.05, 3.63) is 77.8 Å². The molecular weight excluding hydrogens is 366 g/mol. The number of aromatic amines is 1. The van der Waals surface area contributed by atoms with E-state index in [4.69, 9.17) is 11.6 Å². The minimum atomic E-state index is -0.478. The number of carbonyl (C=O) groups excluding carboxylic acids is 1. The summed E-state index contributed by atoms with van der Waals surface area (Å²) < 4.78 is 0. The third-order valence-corrected chi connectivity index (χ3v) is 4.89. The van der Waals surface area contributed by atoms with Crippen LogP contribution in [0.4, 0.5) is 10.8 Å². The van der Waals surface area contributed by atoms with Gasteiger partial charge in [0.25, 0.3) is 5.24 Å². The van der Waals surface area contributed by atoms with Crippen molar-refractivity contribution in [2.75, 3.05) is 5.32 Å². The van der Waals surface area contributed by atoms with Gasteiger partial charge in [0.15, 0.2) is 5.13 Å². The third-order valence-electron chi connectivity index (χ3n) is 3.91. The Labute approximate surface area is 159 Å². The van der Waals surface area contributed by atoms with E-state index in [-0.39, 0.29) is 0 Å². The summed E-state index contributed by atoms with van der Waals surface area (Å²) in [7, 11) is 0. The van der Waals surface area contributed by atoms with Crippen molar-refractivity contribution >= 4 is 39.0 Å². The first kappa shape index (κ1) is 16.6. The van der Waals surface area contributed by atoms with Crippen molar-refractivity contribution in [1.29, 1.82) is 0 Å². The van der Waals surface area contributed by atoms with E-state index in [1.54, 1.807) is 18.2 Å². The summed E-state index contributed by atoms with van der Waals surface area (Å²) in [6, 6.07) is 19.3. The second-order valence-electron chi connectivity index (χ2n) is 5.69. The Kier molecular flexibility index (Phi) is 4.56. The standard InChI is InChI=1S/C20H14ClN3OS/c21-19(25)14-7-4-8-16(9-14)23-20-24-18(12-26-20)17-10-15(11-22-17)13-5-2-1-3-6-13/h1-12,22H,(H,23,24). The number of aromatic nitrogens is 2. The van der Waals surface area contributed by atoms with E-state index in [1.807, 2.05) is 35.8 Å². The van der Waals surface area contributed by atoms with Crippen LogP contribution in [0, 0.1) is 0 Å². The highest BCUT2D eigenvalue weighted by atomic mass is 35.5. The minimum absolute atomic E-state index is 0.449. The van der Waals surface area contributed by atoms with Gasteiger partial charge in [-0.25, -0.2) is 4.98 Å². The van der Waals surface area contributed by atoms with Gasteiger partial charge in [0.05, 0.1) is 11.4 Å². The van der Waals surface area contributed by atoms with E-state index in [2.05, 4.69) is 33.5 Å². The second kappa shape index (κ2) is 7.15. The number of rotatable bonds is 5. The van der Waals surface area contributed by atoms with Gasteiger partial charge in [-0.2, -0.15) is 0 Å². The molecule has 4 nitrogen and oxygen atoms in total. The van der Waals surface area contributed by atoms with E-state index in [0.29, 0.717) is 5.56 Å². The summed E-state index contributed by atoms with van der Waals surface area (Å²) in [6.07, 6.45) is 1.98. The molecule has 0 amide bonds. The average Bonchev–Trinajstić information content (AvgIpc) is 3.32. The molecule has 0 atom stereocenters. The molecule has 0 saturated carbocycles. The van der Waals surface area contributed by atoms with Crippen LogP contribution in [0.2, 0.25) is 0 Å². The number of anilines is 2. The fourth-order valence-electron chi connectivity index (χ4n) is 2.64. The Hall–Kier alpha value is -2.89. The van der Waals surface area contributed by atoms with E-state index >= 15 is 0 Å². The van der Waals surface area contributed by atoms with Gasteiger partial charge in [-0.05, 0) is 47.0 Å². The van der Waals surface area contributed by atoms with Crippen molar-refractivity contribution in [2.45, 2.75) is 0 Å². The maximum atomic E-state index is 11.3. The highest BCUT2D eigenvalue weighted by Gasteiger charge is 2.09. The molecule has 6 heteroatoms. The monoisotopic (exact) mass is 379 g/mol. The second-order valence-corrected chi connectivity index (χ2v) is 6.89. The van der Waals surface area contributed by atoms with Crippen LogP contribution in [0.25, 0.3) is 22.5 Å². The number of hydrogen-bond donors (Lipinski definition) is 2. The fraction of sp³-hybridized carbons (Fsp3) is 0. The van der Waals surface area contributed by atoms with Crippen LogP contribution >= 0.6 is 22.9 Å². The van der Waals surface area contributed by atoms with Crippen LogP contribution in [0.1, 0.15) is 10.4 Å². The number of nitrogens with one attached hydrogen (secondary N) is 2. The lowest BCUT2D eigenvalue weighted by Crippen LogP contribution is -1.93. The summed E-state index contributed by atoms with van der Waals surface area (Å²) in [4.78, 5) is 19.2. The number of carbonyl (C=O) groups is 1. The van der Waals surface area contributed by atoms with E-state index in [9.17, 15) is 4.79 Å². The van der Waals surface area contributed by atoms with Crippen molar-refractivity contribution in [3.63, 3.8) is 0 Å². The molecule has 2 N–H and O–H groups in total. The van der Waals surface area contributed by atoms with Gasteiger partial charge in [-0.3, -0.25) is 4.79 Å². The number of H-pyrrole nitrogens is 1. The molecule has 0 bridgehead atoms. The molecule has 0 aliphatic heterocycles. The van der Waals surface area contributed by atoms with Crippen LogP contribution in [-0.4, -0.2) is 15.2 Å². The largest absolute Gasteiger partial charge is 0.359 e. The van der Waals surface area contributed by atoms with E-state index < -0.39 is 5.24 Å². The van der Waals surface area contributed by atoms with Gasteiger partial charge in [0.1, 0.15) is 0 Å². The Balaban J connectivity index is 1.54. The van der Waals surface area contributed by atoms with Gasteiger partial charge in [0.2, 0.25) is 0 Å². The van der Waals surface area contributed by atoms with Gasteiger partial charge in [-0.15, -0.1) is 11.3 Å². The Morgan fingerprint density at radius 2 is 1.88 bits per heavy atom. The summed E-state index contributed by atoms with van der Waals surface area (Å²) in [5.74, 6) is 0. The summed E-state index contributed by atoms with van der Waals surface area (Å²) >= 11 is 7.03. The van der Waals surface area contributed by atoms with Gasteiger partial charge >= 0.3 is 0 Å². The van der Waals surface area contributed by atoms with Gasteiger partial charge < -0.3 is 10.3 Å². The number of thiazole rings is 1. The van der Waals surface area contributed by atoms with E-state index in [0.717, 1.165) is 33.3 Å². The minimum Gasteiger partial charge on any atom is -0.359 e. The first-order valence-corrected chi connectivity index (χ1v) is 9.21. The molecular formula is C20H14ClN3OS. The normalized spacial score (nSPS) is 10.7. The zero-order valence-corrected chi connectivity index (χ0v) is 15.1. The quantitative estimate of drug-likeness (QED) is 0.422. The first-order valence-electron chi connectivity index (χ1n) is 7.96. The summed E-state index contributed by atoms with van der Waals surface area (Å²) in [5, 5.41) is 5.46. The maximum Gasteiger partial charge on any atom is 0.252 e. The van der Waals surface area contributed by atoms with Crippen LogP contribution in [0.5, 0.6) is 0 Å². The van der Waals surface area contributed by atoms with Gasteiger partial charge in [0, 0.05) is 22.8 Å². The summed E-state index contributed by atoms with van der Waals surface area (Å²) in [5.41, 5.74) is 5.32. The number of benzene rings is 2. The lowest BCUT2D eigenvalue weighted by Gasteiger charge is -2.03. The van der Waals surface area contributed by atoms with Crippen molar-refractivity contribution in [2.24, 2.45) is 0 Å². The number of nitrogens with zero attached hydrogens (tertiary/aromatic N) is 1. The third kappa shape index (κ3) is 3.54. The molecule has 0 aliphatic carbocycles. The van der Waals surface area contributed by atoms with Crippen molar-refractivity contribution in [1.82, 2.24) is 9.97 Å². The average molecular weight is 380 g/mol. The van der Waals surface area contributed by atoms with Crippen LogP contribution < -0.4 is 5.32 Å². The molecule has 2 heterocycles. The molecule has 0 aliphatic rings. The Bertz CT molecular complexity index is 1060. The SMILES string of the molecule is O=C(Cl)c1cccc(Nc2nc(-c3cc(-c4ccccc4)c[nH]3)cs2)c1. The molecule has 2 aromatic heterocycles. The summed E-state index contributed by atoms with van der Waals surface area (Å²) in [6.45, 7) is 0. The molecule has 0 unspecified atom stereocenters. The zero-order valence-electron chi connectivity index (χ0n) is 13.6. The topological polar surface area (TPSA) is 57.8 Å². The first-order chi connectivity index (χ1) is 12.7. The van der Waals surface area contributed by atoms with Crippen molar-refractivity contribution in [3.8, 4) is 22.5 Å². The molecule has 0 radical (unpaired) electrons. The molecule has 0 spiro atoms. The molecule has 4 aromatic rings. The molecule has 2 aromatic carbocycles. The zero-order chi connectivity index (χ0) is 17.9. The Morgan fingerprint density at radius 3 is 2.69 bits per heavy atom. The van der Waals surface area contributed by atoms with Crippen LogP contribution in [0.3, 0.4) is 0 Å². The lowest BCUT2D eigenvalue weighted by atomic mass is 10.1. The number of halogens is 1. The molecule has 4 rings (SSSR count). The van der Waals surface area contributed by atoms with Gasteiger partial charge in [-0.1, -0.05) is 36.4 Å². The van der Waals surface area contributed by atoms with Crippen LogP contribution in [0.15, 0.2) is 72.2 Å². The smallest absolute Gasteiger partial charge is 0.252 e. The predicted molar refractivity (Wildman–Crippen MR) is 107 cm³/mol. The predicted octanol–water partition coefficient (Wildman–Crippen LogP) is 5.93. The molecule has 128 valence electrons.